The quantitative estimate of drug-likeness (QED) is 0.649. The second kappa shape index (κ2) is 3.97. The monoisotopic (exact) mass is 249 g/mol. The van der Waals surface area contributed by atoms with Crippen molar-refractivity contribution in [2.24, 2.45) is 0 Å². The van der Waals surface area contributed by atoms with Crippen LogP contribution in [-0.2, 0) is 16.9 Å². The second-order valence-corrected chi connectivity index (χ2v) is 5.15. The van der Waals surface area contributed by atoms with E-state index in [0.717, 1.165) is 13.2 Å². The summed E-state index contributed by atoms with van der Waals surface area (Å²) in [5.74, 6) is 0. The first-order valence-electron chi connectivity index (χ1n) is 6.61. The van der Waals surface area contributed by atoms with Crippen molar-refractivity contribution in [3.05, 3.63) is 72.4 Å². The zero-order chi connectivity index (χ0) is 12.7. The van der Waals surface area contributed by atoms with Crippen molar-refractivity contribution >= 4 is 10.9 Å². The maximum Gasteiger partial charge on any atom is 0.134 e. The molecule has 1 saturated heterocycles. The van der Waals surface area contributed by atoms with Gasteiger partial charge in [0, 0.05) is 11.7 Å². The van der Waals surface area contributed by atoms with Gasteiger partial charge in [-0.3, -0.25) is 0 Å². The van der Waals surface area contributed by atoms with Gasteiger partial charge in [0.05, 0.1) is 13.2 Å². The first kappa shape index (κ1) is 10.8. The normalized spacial score (nSPS) is 21.7. The molecule has 0 amide bonds. The van der Waals surface area contributed by atoms with Gasteiger partial charge in [-0.15, -0.1) is 0 Å². The highest BCUT2D eigenvalue weighted by Gasteiger charge is 2.46. The van der Waals surface area contributed by atoms with E-state index >= 15 is 0 Å². The molecule has 1 aromatic heterocycles. The minimum absolute atomic E-state index is 0.122. The fourth-order valence-electron chi connectivity index (χ4n) is 2.73. The maximum absolute atomic E-state index is 5.78. The minimum Gasteiger partial charge on any atom is -0.363 e. The molecule has 1 unspecified atom stereocenters. The van der Waals surface area contributed by atoms with Gasteiger partial charge in [-0.1, -0.05) is 48.5 Å². The SMILES string of the molecule is c1ccc(C2(Cn3ccc4ccccc43)CO2)cc1. The number of fused-ring (bicyclic) bond motifs is 1. The number of nitrogens with zero attached hydrogens (tertiary/aromatic N) is 1. The molecule has 0 N–H and O–H groups in total. The van der Waals surface area contributed by atoms with Gasteiger partial charge in [0.25, 0.3) is 0 Å². The van der Waals surface area contributed by atoms with Crippen LogP contribution in [0, 0.1) is 0 Å². The molecule has 0 saturated carbocycles. The Kier molecular flexibility index (Phi) is 2.26. The topological polar surface area (TPSA) is 17.5 Å². The van der Waals surface area contributed by atoms with Gasteiger partial charge in [0.2, 0.25) is 0 Å². The first-order chi connectivity index (χ1) is 9.37. The van der Waals surface area contributed by atoms with Crippen LogP contribution >= 0.6 is 0 Å². The van der Waals surface area contributed by atoms with Gasteiger partial charge in [-0.2, -0.15) is 0 Å². The van der Waals surface area contributed by atoms with Crippen LogP contribution in [0.1, 0.15) is 5.56 Å². The molecule has 0 radical (unpaired) electrons. The summed E-state index contributed by atoms with van der Waals surface area (Å²) in [6, 6.07) is 21.1. The molecule has 1 aliphatic heterocycles. The smallest absolute Gasteiger partial charge is 0.134 e. The average Bonchev–Trinajstić information content (AvgIpc) is 3.15. The Hall–Kier alpha value is -2.06. The van der Waals surface area contributed by atoms with Gasteiger partial charge in [-0.05, 0) is 23.1 Å². The summed E-state index contributed by atoms with van der Waals surface area (Å²) in [7, 11) is 0. The molecule has 1 aliphatic rings. The van der Waals surface area contributed by atoms with Gasteiger partial charge in [0.15, 0.2) is 0 Å². The predicted molar refractivity (Wildman–Crippen MR) is 76.0 cm³/mol. The number of ether oxygens (including phenoxy) is 1. The Labute approximate surface area is 112 Å². The molecular formula is C17H15NO. The number of epoxide rings is 1. The number of benzene rings is 2. The van der Waals surface area contributed by atoms with E-state index in [0.29, 0.717) is 0 Å². The summed E-state index contributed by atoms with van der Waals surface area (Å²) in [6.45, 7) is 1.69. The van der Waals surface area contributed by atoms with Crippen LogP contribution in [0.25, 0.3) is 10.9 Å². The summed E-state index contributed by atoms with van der Waals surface area (Å²) < 4.78 is 8.07. The second-order valence-electron chi connectivity index (χ2n) is 5.15. The first-order valence-corrected chi connectivity index (χ1v) is 6.61. The Morgan fingerprint density at radius 1 is 0.947 bits per heavy atom. The summed E-state index contributed by atoms with van der Waals surface area (Å²) in [5, 5.41) is 1.28. The van der Waals surface area contributed by atoms with Crippen LogP contribution in [0.3, 0.4) is 0 Å². The van der Waals surface area contributed by atoms with Gasteiger partial charge in [0.1, 0.15) is 5.60 Å². The molecule has 0 bridgehead atoms. The Bertz CT molecular complexity index is 710. The van der Waals surface area contributed by atoms with Crippen molar-refractivity contribution in [3.63, 3.8) is 0 Å². The molecule has 94 valence electrons. The number of hydrogen-bond donors (Lipinski definition) is 0. The predicted octanol–water partition coefficient (Wildman–Crippen LogP) is 3.57. The van der Waals surface area contributed by atoms with E-state index < -0.39 is 0 Å². The highest BCUT2D eigenvalue weighted by atomic mass is 16.6. The fraction of sp³-hybridized carbons (Fsp3) is 0.176. The molecule has 3 aromatic rings. The molecular weight excluding hydrogens is 234 g/mol. The molecule has 0 aliphatic carbocycles. The lowest BCUT2D eigenvalue weighted by Crippen LogP contribution is -2.17. The molecule has 2 aromatic carbocycles. The van der Waals surface area contributed by atoms with Gasteiger partial charge in [-0.25, -0.2) is 0 Å². The summed E-state index contributed by atoms with van der Waals surface area (Å²) in [5.41, 5.74) is 2.42. The van der Waals surface area contributed by atoms with E-state index in [1.165, 1.54) is 16.5 Å². The van der Waals surface area contributed by atoms with Crippen molar-refractivity contribution in [2.75, 3.05) is 6.61 Å². The molecule has 2 heterocycles. The number of rotatable bonds is 3. The van der Waals surface area contributed by atoms with Crippen LogP contribution in [0.4, 0.5) is 0 Å². The highest BCUT2D eigenvalue weighted by molar-refractivity contribution is 5.79. The third kappa shape index (κ3) is 1.76. The van der Waals surface area contributed by atoms with Crippen molar-refractivity contribution < 1.29 is 4.74 Å². The Morgan fingerprint density at radius 3 is 2.47 bits per heavy atom. The average molecular weight is 249 g/mol. The molecule has 1 fully saturated rings. The van der Waals surface area contributed by atoms with E-state index in [1.54, 1.807) is 0 Å². The van der Waals surface area contributed by atoms with Gasteiger partial charge >= 0.3 is 0 Å². The fourth-order valence-corrected chi connectivity index (χ4v) is 2.73. The number of aromatic nitrogens is 1. The molecule has 19 heavy (non-hydrogen) atoms. The van der Waals surface area contributed by atoms with Crippen LogP contribution in [-0.4, -0.2) is 11.2 Å². The van der Waals surface area contributed by atoms with E-state index in [2.05, 4.69) is 65.4 Å². The Morgan fingerprint density at radius 2 is 1.68 bits per heavy atom. The van der Waals surface area contributed by atoms with Crippen LogP contribution < -0.4 is 0 Å². The highest BCUT2D eigenvalue weighted by Crippen LogP contribution is 2.40. The zero-order valence-corrected chi connectivity index (χ0v) is 10.6. The minimum atomic E-state index is -0.122. The number of hydrogen-bond acceptors (Lipinski definition) is 1. The maximum atomic E-state index is 5.78. The van der Waals surface area contributed by atoms with Crippen molar-refractivity contribution in [1.29, 1.82) is 0 Å². The summed E-state index contributed by atoms with van der Waals surface area (Å²) in [4.78, 5) is 0. The molecule has 2 heteroatoms. The largest absolute Gasteiger partial charge is 0.363 e. The van der Waals surface area contributed by atoms with Crippen molar-refractivity contribution in [3.8, 4) is 0 Å². The molecule has 1 atom stereocenters. The van der Waals surface area contributed by atoms with Crippen molar-refractivity contribution in [1.82, 2.24) is 4.57 Å². The van der Waals surface area contributed by atoms with Gasteiger partial charge < -0.3 is 9.30 Å². The standard InChI is InChI=1S/C17H15NO/c1-2-7-15(8-3-1)17(13-19-17)12-18-11-10-14-6-4-5-9-16(14)18/h1-11H,12-13H2. The Balaban J connectivity index is 1.72. The van der Waals surface area contributed by atoms with E-state index in [9.17, 15) is 0 Å². The van der Waals surface area contributed by atoms with Crippen LogP contribution in [0.2, 0.25) is 0 Å². The lowest BCUT2D eigenvalue weighted by Gasteiger charge is -2.14. The van der Waals surface area contributed by atoms with Crippen LogP contribution in [0.5, 0.6) is 0 Å². The molecule has 2 nitrogen and oxygen atoms in total. The molecule has 0 spiro atoms. The lowest BCUT2D eigenvalue weighted by atomic mass is 10.00. The number of para-hydroxylation sites is 1. The summed E-state index contributed by atoms with van der Waals surface area (Å²) in [6.07, 6.45) is 2.15. The van der Waals surface area contributed by atoms with Crippen molar-refractivity contribution in [2.45, 2.75) is 12.1 Å². The zero-order valence-electron chi connectivity index (χ0n) is 10.6. The van der Waals surface area contributed by atoms with Crippen LogP contribution in [0.15, 0.2) is 66.9 Å². The molecule has 4 rings (SSSR count). The van der Waals surface area contributed by atoms with E-state index in [1.807, 2.05) is 6.07 Å². The third-order valence-corrected chi connectivity index (χ3v) is 3.90. The summed E-state index contributed by atoms with van der Waals surface area (Å²) >= 11 is 0. The third-order valence-electron chi connectivity index (χ3n) is 3.90. The van der Waals surface area contributed by atoms with E-state index in [4.69, 9.17) is 4.74 Å². The lowest BCUT2D eigenvalue weighted by molar-refractivity contribution is 0.280. The van der Waals surface area contributed by atoms with E-state index in [-0.39, 0.29) is 5.60 Å².